The van der Waals surface area contributed by atoms with E-state index in [2.05, 4.69) is 32.8 Å². The highest BCUT2D eigenvalue weighted by atomic mass is 127. The van der Waals surface area contributed by atoms with Gasteiger partial charge in [-0.25, -0.2) is 0 Å². The summed E-state index contributed by atoms with van der Waals surface area (Å²) in [5.74, 6) is 0.177. The van der Waals surface area contributed by atoms with Crippen LogP contribution in [-0.2, 0) is 11.3 Å². The molecule has 2 amide bonds. The minimum absolute atomic E-state index is 0.216. The second-order valence-corrected chi connectivity index (χ2v) is 9.56. The van der Waals surface area contributed by atoms with E-state index in [4.69, 9.17) is 27.4 Å². The van der Waals surface area contributed by atoms with Crippen LogP contribution in [0.5, 0.6) is 11.5 Å². The van der Waals surface area contributed by atoms with Crippen molar-refractivity contribution in [3.05, 3.63) is 57.2 Å². The molecule has 2 aromatic carbocycles. The van der Waals surface area contributed by atoms with Gasteiger partial charge in [0.1, 0.15) is 0 Å². The van der Waals surface area contributed by atoms with Gasteiger partial charge in [0.2, 0.25) is 0 Å². The molecule has 0 unspecified atom stereocenters. The molecular formula is C24H28IN3O4S. The van der Waals surface area contributed by atoms with Crippen molar-refractivity contribution in [3.8, 4) is 11.5 Å². The Hall–Kier alpha value is -2.40. The lowest BCUT2D eigenvalue weighted by atomic mass is 9.94. The van der Waals surface area contributed by atoms with E-state index in [1.807, 2.05) is 30.3 Å². The summed E-state index contributed by atoms with van der Waals surface area (Å²) in [5, 5.41) is 3.34. The lowest BCUT2D eigenvalue weighted by Crippen LogP contribution is -2.48. The fourth-order valence-electron chi connectivity index (χ4n) is 3.91. The Bertz CT molecular complexity index is 1010. The van der Waals surface area contributed by atoms with Crippen molar-refractivity contribution < 1.29 is 19.1 Å². The molecule has 0 aliphatic heterocycles. The summed E-state index contributed by atoms with van der Waals surface area (Å²) in [6.07, 6.45) is 5.54. The SMILES string of the molecule is COc1cc(CN(C(=S)NC(=O)c2cccc(I)c2)C2CCCCC2)ccc1OCC(N)=O. The molecule has 1 fully saturated rings. The first kappa shape index (κ1) is 25.2. The van der Waals surface area contributed by atoms with Crippen LogP contribution in [0.15, 0.2) is 42.5 Å². The summed E-state index contributed by atoms with van der Waals surface area (Å²) in [4.78, 5) is 26.0. The molecule has 2 aromatic rings. The van der Waals surface area contributed by atoms with Gasteiger partial charge in [-0.3, -0.25) is 14.9 Å². The minimum Gasteiger partial charge on any atom is -0.493 e. The molecule has 3 rings (SSSR count). The third-order valence-corrected chi connectivity index (χ3v) is 6.54. The smallest absolute Gasteiger partial charge is 0.257 e. The second-order valence-electron chi connectivity index (χ2n) is 7.93. The average molecular weight is 581 g/mol. The standard InChI is InChI=1S/C24H28IN3O4S/c1-31-21-12-16(10-11-20(21)32-15-22(26)29)14-28(19-8-3-2-4-9-19)24(33)27-23(30)17-6-5-7-18(25)13-17/h5-7,10-13,19H,2-4,8-9,14-15H2,1H3,(H2,26,29)(H,27,30,33). The molecule has 0 spiro atoms. The van der Waals surface area contributed by atoms with Crippen molar-refractivity contribution in [1.82, 2.24) is 10.2 Å². The molecule has 1 aliphatic carbocycles. The molecular weight excluding hydrogens is 553 g/mol. The van der Waals surface area contributed by atoms with E-state index < -0.39 is 5.91 Å². The molecule has 0 aromatic heterocycles. The number of thiocarbonyl (C=S) groups is 1. The Morgan fingerprint density at radius 3 is 2.58 bits per heavy atom. The summed E-state index contributed by atoms with van der Waals surface area (Å²) in [6.45, 7) is 0.293. The monoisotopic (exact) mass is 581 g/mol. The van der Waals surface area contributed by atoms with E-state index in [-0.39, 0.29) is 18.6 Å². The number of carbonyl (C=O) groups is 2. The Morgan fingerprint density at radius 2 is 1.91 bits per heavy atom. The topological polar surface area (TPSA) is 93.9 Å². The zero-order valence-electron chi connectivity index (χ0n) is 18.5. The van der Waals surface area contributed by atoms with Gasteiger partial charge in [0, 0.05) is 21.7 Å². The van der Waals surface area contributed by atoms with Crippen molar-refractivity contribution in [1.29, 1.82) is 0 Å². The Labute approximate surface area is 213 Å². The Morgan fingerprint density at radius 1 is 1.15 bits per heavy atom. The number of benzene rings is 2. The maximum Gasteiger partial charge on any atom is 0.257 e. The van der Waals surface area contributed by atoms with Crippen molar-refractivity contribution >= 4 is 51.7 Å². The van der Waals surface area contributed by atoms with Crippen LogP contribution in [0, 0.1) is 3.57 Å². The van der Waals surface area contributed by atoms with Crippen molar-refractivity contribution in [2.24, 2.45) is 5.73 Å². The predicted molar refractivity (Wildman–Crippen MR) is 139 cm³/mol. The van der Waals surface area contributed by atoms with E-state index >= 15 is 0 Å². The van der Waals surface area contributed by atoms with Crippen LogP contribution >= 0.6 is 34.8 Å². The fourth-order valence-corrected chi connectivity index (χ4v) is 4.75. The van der Waals surface area contributed by atoms with Crippen LogP contribution in [0.25, 0.3) is 0 Å². The largest absolute Gasteiger partial charge is 0.493 e. The summed E-state index contributed by atoms with van der Waals surface area (Å²) in [5.41, 5.74) is 6.70. The number of carbonyl (C=O) groups excluding carboxylic acids is 2. The highest BCUT2D eigenvalue weighted by molar-refractivity contribution is 14.1. The molecule has 0 radical (unpaired) electrons. The van der Waals surface area contributed by atoms with Crippen molar-refractivity contribution in [3.63, 3.8) is 0 Å². The molecule has 3 N–H and O–H groups in total. The summed E-state index contributed by atoms with van der Waals surface area (Å²) < 4.78 is 11.9. The number of hydrogen-bond donors (Lipinski definition) is 2. The number of rotatable bonds is 8. The molecule has 0 heterocycles. The van der Waals surface area contributed by atoms with Crippen molar-refractivity contribution in [2.45, 2.75) is 44.7 Å². The molecule has 0 bridgehead atoms. The van der Waals surface area contributed by atoms with Crippen molar-refractivity contribution in [2.75, 3.05) is 13.7 Å². The number of nitrogens with two attached hydrogens (primary N) is 1. The van der Waals surface area contributed by atoms with E-state index in [1.165, 1.54) is 6.42 Å². The summed E-state index contributed by atoms with van der Waals surface area (Å²) in [7, 11) is 1.54. The number of amides is 2. The minimum atomic E-state index is -0.557. The molecule has 9 heteroatoms. The first-order valence-electron chi connectivity index (χ1n) is 10.8. The number of primary amides is 1. The number of hydrogen-bond acceptors (Lipinski definition) is 5. The first-order valence-corrected chi connectivity index (χ1v) is 12.3. The number of ether oxygens (including phenoxy) is 2. The van der Waals surface area contributed by atoms with Gasteiger partial charge in [0.05, 0.1) is 7.11 Å². The third kappa shape index (κ3) is 7.29. The van der Waals surface area contributed by atoms with Gasteiger partial charge in [-0.1, -0.05) is 31.4 Å². The van der Waals surface area contributed by atoms with Crippen LogP contribution in [0.3, 0.4) is 0 Å². The third-order valence-electron chi connectivity index (χ3n) is 5.53. The summed E-state index contributed by atoms with van der Waals surface area (Å²) >= 11 is 7.89. The van der Waals surface area contributed by atoms with Crippen LogP contribution in [0.1, 0.15) is 48.0 Å². The van der Waals surface area contributed by atoms with Gasteiger partial charge >= 0.3 is 0 Å². The van der Waals surface area contributed by atoms with E-state index in [0.29, 0.717) is 28.7 Å². The lowest BCUT2D eigenvalue weighted by Gasteiger charge is -2.36. The second kappa shape index (κ2) is 12.2. The highest BCUT2D eigenvalue weighted by Crippen LogP contribution is 2.30. The van der Waals surface area contributed by atoms with Gasteiger partial charge in [0.15, 0.2) is 23.2 Å². The van der Waals surface area contributed by atoms with Gasteiger partial charge in [0.25, 0.3) is 11.8 Å². The van der Waals surface area contributed by atoms with E-state index in [0.717, 1.165) is 34.8 Å². The van der Waals surface area contributed by atoms with Gasteiger partial charge in [-0.15, -0.1) is 0 Å². The number of nitrogens with zero attached hydrogens (tertiary/aromatic N) is 1. The molecule has 0 atom stereocenters. The maximum atomic E-state index is 12.8. The van der Waals surface area contributed by atoms with E-state index in [9.17, 15) is 9.59 Å². The number of methoxy groups -OCH3 is 1. The number of halogens is 1. The van der Waals surface area contributed by atoms with Crippen LogP contribution in [0.2, 0.25) is 0 Å². The van der Waals surface area contributed by atoms with Gasteiger partial charge in [-0.2, -0.15) is 0 Å². The van der Waals surface area contributed by atoms with Crippen LogP contribution < -0.4 is 20.5 Å². The average Bonchev–Trinajstić information content (AvgIpc) is 2.81. The fraction of sp³-hybridized carbons (Fsp3) is 0.375. The zero-order valence-corrected chi connectivity index (χ0v) is 21.5. The van der Waals surface area contributed by atoms with Crippen LogP contribution in [-0.4, -0.2) is 41.6 Å². The Balaban J connectivity index is 1.78. The maximum absolute atomic E-state index is 12.8. The molecule has 0 saturated heterocycles. The van der Waals surface area contributed by atoms with Gasteiger partial charge in [-0.05, 0) is 83.5 Å². The molecule has 33 heavy (non-hydrogen) atoms. The number of nitrogens with one attached hydrogen (secondary N) is 1. The lowest BCUT2D eigenvalue weighted by molar-refractivity contribution is -0.119. The zero-order chi connectivity index (χ0) is 23.8. The Kier molecular flexibility index (Phi) is 9.30. The van der Waals surface area contributed by atoms with Gasteiger partial charge < -0.3 is 20.1 Å². The summed E-state index contributed by atoms with van der Waals surface area (Å²) in [6, 6.07) is 13.2. The first-order chi connectivity index (χ1) is 15.9. The molecule has 1 saturated carbocycles. The predicted octanol–water partition coefficient (Wildman–Crippen LogP) is 4.01. The van der Waals surface area contributed by atoms with Crippen LogP contribution in [0.4, 0.5) is 0 Å². The molecule has 7 nitrogen and oxygen atoms in total. The quantitative estimate of drug-likeness (QED) is 0.362. The molecule has 176 valence electrons. The highest BCUT2D eigenvalue weighted by Gasteiger charge is 2.25. The van der Waals surface area contributed by atoms with E-state index in [1.54, 1.807) is 19.2 Å². The molecule has 1 aliphatic rings. The normalized spacial score (nSPS) is 13.8.